The molecule has 0 aromatic heterocycles. The highest BCUT2D eigenvalue weighted by Crippen LogP contribution is 2.24. The van der Waals surface area contributed by atoms with E-state index >= 15 is 0 Å². The Balaban J connectivity index is 3.05. The first-order chi connectivity index (χ1) is 6.15. The summed E-state index contributed by atoms with van der Waals surface area (Å²) in [4.78, 5) is 0.641. The van der Waals surface area contributed by atoms with Gasteiger partial charge in [-0.1, -0.05) is 11.6 Å². The number of hydrogen-bond donors (Lipinski definition) is 1. The molecule has 0 aliphatic carbocycles. The summed E-state index contributed by atoms with van der Waals surface area (Å²) < 4.78 is 11.1. The fourth-order valence-electron chi connectivity index (χ4n) is 0.839. The molecule has 3 nitrogen and oxygen atoms in total. The second-order valence-corrected chi connectivity index (χ2v) is 4.12. The minimum Gasteiger partial charge on any atom is -0.612 e. The lowest BCUT2D eigenvalue weighted by Crippen LogP contribution is -1.98. The molecule has 0 fully saturated rings. The summed E-state index contributed by atoms with van der Waals surface area (Å²) >= 11 is 4.71. The van der Waals surface area contributed by atoms with E-state index in [0.29, 0.717) is 15.6 Å². The van der Waals surface area contributed by atoms with Gasteiger partial charge in [0.2, 0.25) is 0 Å². The van der Waals surface area contributed by atoms with Crippen molar-refractivity contribution in [3.05, 3.63) is 23.2 Å². The van der Waals surface area contributed by atoms with Gasteiger partial charge < -0.3 is 4.55 Å². The molecule has 13 heavy (non-hydrogen) atoms. The van der Waals surface area contributed by atoms with Crippen molar-refractivity contribution in [2.24, 2.45) is 0 Å². The lowest BCUT2D eigenvalue weighted by Gasteiger charge is -2.06. The van der Waals surface area contributed by atoms with Crippen molar-refractivity contribution >= 4 is 28.5 Å². The smallest absolute Gasteiger partial charge is 0.181 e. The number of halogens is 1. The standard InChI is InChI=1S/C8H7ClN2OS/c1-13(12)6-2-3-7(9)8(4-6)11-5-10/h2-4,11H,1H3. The normalized spacial score (nSPS) is 11.8. The van der Waals surface area contributed by atoms with Crippen molar-refractivity contribution in [3.8, 4) is 6.19 Å². The number of rotatable bonds is 2. The first kappa shape index (κ1) is 10.2. The van der Waals surface area contributed by atoms with E-state index in [4.69, 9.17) is 16.9 Å². The molecule has 0 amide bonds. The van der Waals surface area contributed by atoms with Crippen molar-refractivity contribution in [3.63, 3.8) is 0 Å². The maximum atomic E-state index is 11.1. The van der Waals surface area contributed by atoms with Crippen molar-refractivity contribution < 1.29 is 4.55 Å². The molecule has 0 spiro atoms. The van der Waals surface area contributed by atoms with Crippen LogP contribution in [0.3, 0.4) is 0 Å². The molecular weight excluding hydrogens is 208 g/mol. The third-order valence-electron chi connectivity index (χ3n) is 1.46. The number of nitrogens with one attached hydrogen (secondary N) is 1. The zero-order valence-corrected chi connectivity index (χ0v) is 8.45. The maximum absolute atomic E-state index is 11.1. The maximum Gasteiger partial charge on any atom is 0.181 e. The molecule has 0 saturated heterocycles. The average Bonchev–Trinajstić information content (AvgIpc) is 2.08. The van der Waals surface area contributed by atoms with Gasteiger partial charge in [0.05, 0.1) is 10.7 Å². The van der Waals surface area contributed by atoms with E-state index in [-0.39, 0.29) is 0 Å². The number of nitriles is 1. The lowest BCUT2D eigenvalue weighted by molar-refractivity contribution is 0.601. The van der Waals surface area contributed by atoms with E-state index in [0.717, 1.165) is 0 Å². The van der Waals surface area contributed by atoms with Crippen LogP contribution >= 0.6 is 11.6 Å². The molecule has 1 N–H and O–H groups in total. The summed E-state index contributed by atoms with van der Waals surface area (Å²) in [6.45, 7) is 0. The summed E-state index contributed by atoms with van der Waals surface area (Å²) in [5, 5.41) is 11.2. The Morgan fingerprint density at radius 1 is 1.62 bits per heavy atom. The Morgan fingerprint density at radius 3 is 2.85 bits per heavy atom. The van der Waals surface area contributed by atoms with Crippen LogP contribution in [0.1, 0.15) is 0 Å². The summed E-state index contributed by atoms with van der Waals surface area (Å²) in [5.41, 5.74) is 0.483. The Kier molecular flexibility index (Phi) is 3.43. The minimum absolute atomic E-state index is 0.441. The number of anilines is 1. The van der Waals surface area contributed by atoms with Gasteiger partial charge in [0.1, 0.15) is 6.26 Å². The predicted molar refractivity (Wildman–Crippen MR) is 53.0 cm³/mol. The second kappa shape index (κ2) is 4.38. The SMILES string of the molecule is C[S+]([O-])c1ccc(Cl)c(NC#N)c1. The predicted octanol–water partition coefficient (Wildman–Crippen LogP) is 1.97. The highest BCUT2D eigenvalue weighted by molar-refractivity contribution is 7.90. The monoisotopic (exact) mass is 214 g/mol. The van der Waals surface area contributed by atoms with Crippen LogP contribution in [0.15, 0.2) is 23.1 Å². The van der Waals surface area contributed by atoms with Crippen molar-refractivity contribution in [2.45, 2.75) is 4.90 Å². The molecule has 0 heterocycles. The molecule has 0 aliphatic rings. The molecule has 0 bridgehead atoms. The van der Waals surface area contributed by atoms with Gasteiger partial charge in [-0.15, -0.1) is 0 Å². The average molecular weight is 215 g/mol. The van der Waals surface area contributed by atoms with Gasteiger partial charge in [-0.3, -0.25) is 5.32 Å². The van der Waals surface area contributed by atoms with Gasteiger partial charge in [-0.05, 0) is 23.3 Å². The quantitative estimate of drug-likeness (QED) is 0.465. The molecule has 5 heteroatoms. The van der Waals surface area contributed by atoms with Crippen molar-refractivity contribution in [2.75, 3.05) is 11.6 Å². The Labute approximate surface area is 84.5 Å². The molecule has 68 valence electrons. The molecule has 0 aliphatic heterocycles. The van der Waals surface area contributed by atoms with E-state index in [2.05, 4.69) is 5.32 Å². The van der Waals surface area contributed by atoms with Gasteiger partial charge in [-0.2, -0.15) is 5.26 Å². The second-order valence-electron chi connectivity index (χ2n) is 2.33. The van der Waals surface area contributed by atoms with Crippen LogP contribution in [0.2, 0.25) is 5.02 Å². The van der Waals surface area contributed by atoms with E-state index in [9.17, 15) is 4.55 Å². The van der Waals surface area contributed by atoms with Crippen molar-refractivity contribution in [1.82, 2.24) is 0 Å². The van der Waals surface area contributed by atoms with E-state index in [1.54, 1.807) is 30.6 Å². The first-order valence-corrected chi connectivity index (χ1v) is 5.37. The molecule has 1 aromatic rings. The molecule has 1 rings (SSSR count). The number of benzene rings is 1. The highest BCUT2D eigenvalue weighted by atomic mass is 35.5. The van der Waals surface area contributed by atoms with Crippen LogP contribution in [0.4, 0.5) is 5.69 Å². The fourth-order valence-corrected chi connectivity index (χ4v) is 1.55. The topological polar surface area (TPSA) is 58.9 Å². The van der Waals surface area contributed by atoms with Gasteiger partial charge in [-0.25, -0.2) is 0 Å². The highest BCUT2D eigenvalue weighted by Gasteiger charge is 2.07. The Morgan fingerprint density at radius 2 is 2.31 bits per heavy atom. The van der Waals surface area contributed by atoms with Crippen LogP contribution in [-0.2, 0) is 11.2 Å². The van der Waals surface area contributed by atoms with Crippen LogP contribution < -0.4 is 5.32 Å². The van der Waals surface area contributed by atoms with Crippen LogP contribution in [0.5, 0.6) is 0 Å². The third-order valence-corrected chi connectivity index (χ3v) is 2.71. The molecular formula is C8H7ClN2OS. The Hall–Kier alpha value is -0.890. The van der Waals surface area contributed by atoms with Crippen molar-refractivity contribution in [1.29, 1.82) is 5.26 Å². The lowest BCUT2D eigenvalue weighted by atomic mass is 10.3. The van der Waals surface area contributed by atoms with Crippen LogP contribution in [-0.4, -0.2) is 10.8 Å². The zero-order valence-electron chi connectivity index (χ0n) is 6.87. The molecule has 1 unspecified atom stereocenters. The van der Waals surface area contributed by atoms with Gasteiger partial charge in [0, 0.05) is 6.07 Å². The largest absolute Gasteiger partial charge is 0.612 e. The zero-order chi connectivity index (χ0) is 9.84. The van der Waals surface area contributed by atoms with Gasteiger partial charge >= 0.3 is 0 Å². The number of nitrogens with zero attached hydrogens (tertiary/aromatic N) is 1. The fraction of sp³-hybridized carbons (Fsp3) is 0.125. The Bertz CT molecular complexity index is 348. The third kappa shape index (κ3) is 2.52. The molecule has 0 radical (unpaired) electrons. The summed E-state index contributed by atoms with van der Waals surface area (Å²) in [5.74, 6) is 0. The van der Waals surface area contributed by atoms with E-state index in [1.165, 1.54) is 0 Å². The van der Waals surface area contributed by atoms with Gasteiger partial charge in [0.25, 0.3) is 0 Å². The van der Waals surface area contributed by atoms with Crippen LogP contribution in [0, 0.1) is 11.5 Å². The summed E-state index contributed by atoms with van der Waals surface area (Å²) in [6.07, 6.45) is 3.33. The molecule has 0 saturated carbocycles. The van der Waals surface area contributed by atoms with E-state index < -0.39 is 11.2 Å². The minimum atomic E-state index is -1.06. The first-order valence-electron chi connectivity index (χ1n) is 3.43. The molecule has 1 aromatic carbocycles. The van der Waals surface area contributed by atoms with E-state index in [1.807, 2.05) is 0 Å². The van der Waals surface area contributed by atoms with Gasteiger partial charge in [0.15, 0.2) is 11.1 Å². The number of hydrogen-bond acceptors (Lipinski definition) is 3. The molecule has 1 atom stereocenters. The van der Waals surface area contributed by atoms with Crippen LogP contribution in [0.25, 0.3) is 0 Å². The summed E-state index contributed by atoms with van der Waals surface area (Å²) in [7, 11) is 0. The summed E-state index contributed by atoms with van der Waals surface area (Å²) in [6, 6.07) is 4.88.